The minimum Gasteiger partial charge on any atom is -0.487 e. The summed E-state index contributed by atoms with van der Waals surface area (Å²) in [4.78, 5) is 0. The Labute approximate surface area is 95.2 Å². The van der Waals surface area contributed by atoms with E-state index in [9.17, 15) is 0 Å². The molecule has 3 nitrogen and oxygen atoms in total. The molecule has 0 aliphatic carbocycles. The van der Waals surface area contributed by atoms with E-state index in [2.05, 4.69) is 21.1 Å². The molecule has 0 bridgehead atoms. The molecular formula is C11H8BrNO2. The first kappa shape index (κ1) is 8.97. The Morgan fingerprint density at radius 3 is 3.13 bits per heavy atom. The third-order valence-corrected chi connectivity index (χ3v) is 3.18. The van der Waals surface area contributed by atoms with Crippen LogP contribution < -0.4 is 4.74 Å². The second-order valence-corrected chi connectivity index (χ2v) is 4.34. The maximum atomic E-state index is 5.67. The molecule has 0 spiro atoms. The highest BCUT2D eigenvalue weighted by molar-refractivity contribution is 9.10. The average Bonchev–Trinajstić information content (AvgIpc) is 2.61. The summed E-state index contributed by atoms with van der Waals surface area (Å²) in [6.45, 7) is 2.45. The smallest absolute Gasteiger partial charge is 0.177 e. The molecule has 15 heavy (non-hydrogen) atoms. The molecule has 0 amide bonds. The summed E-state index contributed by atoms with van der Waals surface area (Å²) in [5.74, 6) is 1.66. The largest absolute Gasteiger partial charge is 0.487 e. The zero-order valence-corrected chi connectivity index (χ0v) is 9.67. The Morgan fingerprint density at radius 2 is 2.27 bits per heavy atom. The lowest BCUT2D eigenvalue weighted by Gasteiger charge is -2.17. The minimum atomic E-state index is 0.528. The molecule has 1 aromatic heterocycles. The van der Waals surface area contributed by atoms with Crippen LogP contribution in [0, 0.1) is 6.92 Å². The minimum absolute atomic E-state index is 0.528. The Bertz CT molecular complexity index is 533. The first-order chi connectivity index (χ1) is 7.27. The monoisotopic (exact) mass is 265 g/mol. The van der Waals surface area contributed by atoms with Crippen LogP contribution in [0.15, 0.2) is 27.2 Å². The summed E-state index contributed by atoms with van der Waals surface area (Å²) in [5.41, 5.74) is 2.91. The van der Waals surface area contributed by atoms with Gasteiger partial charge in [0.1, 0.15) is 12.4 Å². The first-order valence-corrected chi connectivity index (χ1v) is 5.43. The van der Waals surface area contributed by atoms with Crippen molar-refractivity contribution in [3.63, 3.8) is 0 Å². The number of halogens is 1. The predicted octanol–water partition coefficient (Wildman–Crippen LogP) is 3.30. The van der Waals surface area contributed by atoms with E-state index in [0.29, 0.717) is 6.61 Å². The van der Waals surface area contributed by atoms with E-state index in [1.54, 1.807) is 0 Å². The van der Waals surface area contributed by atoms with Gasteiger partial charge in [0.05, 0.1) is 21.3 Å². The number of nitrogens with zero attached hydrogens (tertiary/aromatic N) is 1. The first-order valence-electron chi connectivity index (χ1n) is 4.64. The third kappa shape index (κ3) is 1.21. The number of rotatable bonds is 0. The normalized spacial score (nSPS) is 12.9. The Hall–Kier alpha value is -1.29. The average molecular weight is 266 g/mol. The van der Waals surface area contributed by atoms with Crippen molar-refractivity contribution in [2.45, 2.75) is 13.5 Å². The highest BCUT2D eigenvalue weighted by Gasteiger charge is 2.25. The molecule has 0 fully saturated rings. The number of benzene rings is 1. The lowest BCUT2D eigenvalue weighted by Crippen LogP contribution is -2.04. The quantitative estimate of drug-likeness (QED) is 0.733. The molecule has 2 heterocycles. The number of fused-ring (bicyclic) bond motifs is 3. The van der Waals surface area contributed by atoms with Crippen molar-refractivity contribution in [3.05, 3.63) is 33.9 Å². The Morgan fingerprint density at radius 1 is 1.40 bits per heavy atom. The zero-order valence-electron chi connectivity index (χ0n) is 8.08. The summed E-state index contributed by atoms with van der Waals surface area (Å²) < 4.78 is 11.9. The van der Waals surface area contributed by atoms with Crippen LogP contribution in [0.5, 0.6) is 5.75 Å². The topological polar surface area (TPSA) is 35.3 Å². The molecule has 0 N–H and O–H groups in total. The summed E-state index contributed by atoms with van der Waals surface area (Å²) in [5, 5.41) is 3.96. The molecule has 1 aromatic carbocycles. The fraction of sp³-hybridized carbons (Fsp3) is 0.182. The molecular weight excluding hydrogens is 258 g/mol. The summed E-state index contributed by atoms with van der Waals surface area (Å²) in [7, 11) is 0. The molecule has 0 radical (unpaired) electrons. The number of aromatic nitrogens is 1. The summed E-state index contributed by atoms with van der Waals surface area (Å²) in [6, 6.07) is 5.88. The van der Waals surface area contributed by atoms with Gasteiger partial charge in [-0.3, -0.25) is 0 Å². The molecule has 0 saturated heterocycles. The van der Waals surface area contributed by atoms with E-state index in [1.165, 1.54) is 0 Å². The Kier molecular flexibility index (Phi) is 1.85. The molecule has 76 valence electrons. The van der Waals surface area contributed by atoms with Gasteiger partial charge < -0.3 is 9.26 Å². The van der Waals surface area contributed by atoms with Crippen LogP contribution in [0.3, 0.4) is 0 Å². The van der Waals surface area contributed by atoms with Crippen LogP contribution in [-0.4, -0.2) is 5.16 Å². The molecule has 0 unspecified atom stereocenters. The number of aryl methyl sites for hydroxylation is 1. The number of ether oxygens (including phenoxy) is 1. The van der Waals surface area contributed by atoms with Gasteiger partial charge in [0.15, 0.2) is 5.76 Å². The van der Waals surface area contributed by atoms with E-state index in [4.69, 9.17) is 9.26 Å². The fourth-order valence-corrected chi connectivity index (χ4v) is 2.23. The number of hydrogen-bond donors (Lipinski definition) is 0. The van der Waals surface area contributed by atoms with Crippen LogP contribution >= 0.6 is 15.9 Å². The van der Waals surface area contributed by atoms with Crippen LogP contribution in [-0.2, 0) is 6.61 Å². The molecule has 0 atom stereocenters. The van der Waals surface area contributed by atoms with Crippen molar-refractivity contribution < 1.29 is 9.26 Å². The molecule has 4 heteroatoms. The van der Waals surface area contributed by atoms with Crippen molar-refractivity contribution >= 4 is 15.9 Å². The van der Waals surface area contributed by atoms with Crippen molar-refractivity contribution in [2.75, 3.05) is 0 Å². The van der Waals surface area contributed by atoms with Crippen LogP contribution in [0.1, 0.15) is 11.3 Å². The zero-order chi connectivity index (χ0) is 10.4. The van der Waals surface area contributed by atoms with E-state index >= 15 is 0 Å². The molecule has 0 saturated carbocycles. The van der Waals surface area contributed by atoms with Gasteiger partial charge in [-0.2, -0.15) is 0 Å². The SMILES string of the molecule is Cc1noc2c1COc1c(Br)cccc1-2. The van der Waals surface area contributed by atoms with E-state index in [1.807, 2.05) is 25.1 Å². The third-order valence-electron chi connectivity index (χ3n) is 2.56. The predicted molar refractivity (Wildman–Crippen MR) is 58.7 cm³/mol. The highest BCUT2D eigenvalue weighted by atomic mass is 79.9. The van der Waals surface area contributed by atoms with Gasteiger partial charge in [-0.1, -0.05) is 11.2 Å². The fourth-order valence-electron chi connectivity index (χ4n) is 1.75. The van der Waals surface area contributed by atoms with Crippen molar-refractivity contribution in [1.82, 2.24) is 5.16 Å². The van der Waals surface area contributed by atoms with Crippen molar-refractivity contribution in [2.24, 2.45) is 0 Å². The van der Waals surface area contributed by atoms with Crippen molar-refractivity contribution in [3.8, 4) is 17.1 Å². The Balaban J connectivity index is 2.30. The summed E-state index contributed by atoms with van der Waals surface area (Å²) in [6.07, 6.45) is 0. The van der Waals surface area contributed by atoms with Crippen molar-refractivity contribution in [1.29, 1.82) is 0 Å². The molecule has 1 aliphatic heterocycles. The van der Waals surface area contributed by atoms with Crippen LogP contribution in [0.2, 0.25) is 0 Å². The lowest BCUT2D eigenvalue weighted by atomic mass is 10.0. The van der Waals surface area contributed by atoms with Gasteiger partial charge in [0.2, 0.25) is 0 Å². The number of para-hydroxylation sites is 1. The van der Waals surface area contributed by atoms with Gasteiger partial charge in [-0.05, 0) is 35.0 Å². The second-order valence-electron chi connectivity index (χ2n) is 3.48. The second kappa shape index (κ2) is 3.10. The van der Waals surface area contributed by atoms with Gasteiger partial charge in [0.25, 0.3) is 0 Å². The van der Waals surface area contributed by atoms with Gasteiger partial charge in [-0.25, -0.2) is 0 Å². The molecule has 3 rings (SSSR count). The highest BCUT2D eigenvalue weighted by Crippen LogP contribution is 2.42. The van der Waals surface area contributed by atoms with Gasteiger partial charge in [0, 0.05) is 0 Å². The standard InChI is InChI=1S/C11H8BrNO2/c1-6-8-5-14-11-7(10(8)15-13-6)3-2-4-9(11)12/h2-4H,5H2,1H3. The van der Waals surface area contributed by atoms with Gasteiger partial charge >= 0.3 is 0 Å². The molecule has 2 aromatic rings. The van der Waals surface area contributed by atoms with E-state index < -0.39 is 0 Å². The molecule has 1 aliphatic rings. The van der Waals surface area contributed by atoms with Gasteiger partial charge in [-0.15, -0.1) is 0 Å². The summed E-state index contributed by atoms with van der Waals surface area (Å²) >= 11 is 3.45. The van der Waals surface area contributed by atoms with Crippen LogP contribution in [0.4, 0.5) is 0 Å². The maximum Gasteiger partial charge on any atom is 0.177 e. The van der Waals surface area contributed by atoms with E-state index in [-0.39, 0.29) is 0 Å². The lowest BCUT2D eigenvalue weighted by molar-refractivity contribution is 0.295. The van der Waals surface area contributed by atoms with Crippen LogP contribution in [0.25, 0.3) is 11.3 Å². The maximum absolute atomic E-state index is 5.67. The van der Waals surface area contributed by atoms with E-state index in [0.717, 1.165) is 32.8 Å². The number of hydrogen-bond acceptors (Lipinski definition) is 3.